The molecule has 0 aliphatic carbocycles. The van der Waals surface area contributed by atoms with E-state index in [-0.39, 0.29) is 5.82 Å². The number of aliphatic hydroxyl groups is 1. The Bertz CT molecular complexity index is 848. The van der Waals surface area contributed by atoms with Crippen molar-refractivity contribution in [2.45, 2.75) is 38.0 Å². The molecular formula is C19H21FN4O. The minimum Gasteiger partial charge on any atom is -0.388 e. The Labute approximate surface area is 145 Å². The molecule has 3 aromatic rings. The summed E-state index contributed by atoms with van der Waals surface area (Å²) in [6, 6.07) is 6.44. The van der Waals surface area contributed by atoms with Crippen LogP contribution in [-0.2, 0) is 6.54 Å². The van der Waals surface area contributed by atoms with Crippen molar-refractivity contribution in [2.24, 2.45) is 0 Å². The van der Waals surface area contributed by atoms with Gasteiger partial charge in [0.05, 0.1) is 24.2 Å². The van der Waals surface area contributed by atoms with Gasteiger partial charge in [-0.15, -0.1) is 0 Å². The molecule has 0 bridgehead atoms. The lowest BCUT2D eigenvalue weighted by atomic mass is 10.0. The molecule has 0 radical (unpaired) electrons. The standard InChI is InChI=1S/C19H21FN4O/c20-15-5-3-14(4-6-15)18(25)10-16-2-1-8-23(16)13-17-11-22-19-12-21-7-9-24(17)19/h3-7,9,11-12,16,18,25H,1-2,8,10,13H2/t16-,18-/m0/s1. The molecule has 4 rings (SSSR count). The van der Waals surface area contributed by atoms with Crippen molar-refractivity contribution in [3.05, 3.63) is 66.1 Å². The summed E-state index contributed by atoms with van der Waals surface area (Å²) < 4.78 is 15.1. The summed E-state index contributed by atoms with van der Waals surface area (Å²) in [6.07, 6.45) is 9.61. The molecule has 5 nitrogen and oxygen atoms in total. The average molecular weight is 340 g/mol. The first-order chi connectivity index (χ1) is 12.2. The molecule has 1 aliphatic rings. The largest absolute Gasteiger partial charge is 0.388 e. The van der Waals surface area contributed by atoms with Crippen molar-refractivity contribution in [3.63, 3.8) is 0 Å². The van der Waals surface area contributed by atoms with Crippen molar-refractivity contribution in [1.29, 1.82) is 0 Å². The van der Waals surface area contributed by atoms with Gasteiger partial charge in [0.25, 0.3) is 0 Å². The van der Waals surface area contributed by atoms with Crippen molar-refractivity contribution in [1.82, 2.24) is 19.3 Å². The normalized spacial score (nSPS) is 19.5. The van der Waals surface area contributed by atoms with Gasteiger partial charge < -0.3 is 5.11 Å². The Morgan fingerprint density at radius 3 is 2.92 bits per heavy atom. The predicted octanol–water partition coefficient (Wildman–Crippen LogP) is 2.96. The molecule has 6 heteroatoms. The first kappa shape index (κ1) is 16.2. The van der Waals surface area contributed by atoms with E-state index in [2.05, 4.69) is 19.3 Å². The molecule has 130 valence electrons. The van der Waals surface area contributed by atoms with Gasteiger partial charge in [-0.1, -0.05) is 12.1 Å². The van der Waals surface area contributed by atoms with Crippen LogP contribution in [0.3, 0.4) is 0 Å². The zero-order valence-electron chi connectivity index (χ0n) is 13.9. The summed E-state index contributed by atoms with van der Waals surface area (Å²) >= 11 is 0. The second kappa shape index (κ2) is 6.90. The molecule has 1 fully saturated rings. The number of aliphatic hydroxyl groups excluding tert-OH is 1. The average Bonchev–Trinajstić information content (AvgIpc) is 3.23. The van der Waals surface area contributed by atoms with Crippen LogP contribution in [0, 0.1) is 5.82 Å². The summed E-state index contributed by atoms with van der Waals surface area (Å²) in [7, 11) is 0. The van der Waals surface area contributed by atoms with E-state index in [0.717, 1.165) is 42.8 Å². The molecule has 1 aromatic carbocycles. The Morgan fingerprint density at radius 1 is 1.24 bits per heavy atom. The van der Waals surface area contributed by atoms with Gasteiger partial charge >= 0.3 is 0 Å². The lowest BCUT2D eigenvalue weighted by Crippen LogP contribution is -2.30. The SMILES string of the molecule is O[C@@H](C[C@@H]1CCCN1Cc1cnc2cnccn12)c1ccc(F)cc1. The summed E-state index contributed by atoms with van der Waals surface area (Å²) in [6.45, 7) is 1.81. The highest BCUT2D eigenvalue weighted by Gasteiger charge is 2.27. The molecule has 2 aromatic heterocycles. The van der Waals surface area contributed by atoms with E-state index >= 15 is 0 Å². The minimum absolute atomic E-state index is 0.277. The van der Waals surface area contributed by atoms with Crippen molar-refractivity contribution >= 4 is 5.65 Å². The lowest BCUT2D eigenvalue weighted by molar-refractivity contribution is 0.117. The molecule has 2 atom stereocenters. The number of likely N-dealkylation sites (tertiary alicyclic amines) is 1. The molecule has 0 saturated carbocycles. The first-order valence-corrected chi connectivity index (χ1v) is 8.64. The van der Waals surface area contributed by atoms with Crippen LogP contribution >= 0.6 is 0 Å². The number of aromatic nitrogens is 3. The predicted molar refractivity (Wildman–Crippen MR) is 92.4 cm³/mol. The Hall–Kier alpha value is -2.31. The summed E-state index contributed by atoms with van der Waals surface area (Å²) in [5.74, 6) is -0.277. The quantitative estimate of drug-likeness (QED) is 0.776. The van der Waals surface area contributed by atoms with Gasteiger partial charge in [-0.25, -0.2) is 9.37 Å². The van der Waals surface area contributed by atoms with Crippen LogP contribution in [0.2, 0.25) is 0 Å². The van der Waals surface area contributed by atoms with Crippen LogP contribution in [0.15, 0.2) is 49.1 Å². The Balaban J connectivity index is 1.46. The van der Waals surface area contributed by atoms with E-state index in [1.807, 2.05) is 12.4 Å². The van der Waals surface area contributed by atoms with Gasteiger partial charge in [0, 0.05) is 25.0 Å². The summed E-state index contributed by atoms with van der Waals surface area (Å²) in [5.41, 5.74) is 2.74. The Morgan fingerprint density at radius 2 is 2.08 bits per heavy atom. The molecule has 0 unspecified atom stereocenters. The summed E-state index contributed by atoms with van der Waals surface area (Å²) in [4.78, 5) is 10.9. The number of rotatable bonds is 5. The van der Waals surface area contributed by atoms with Crippen LogP contribution in [0.1, 0.15) is 36.6 Å². The Kier molecular flexibility index (Phi) is 4.46. The second-order valence-electron chi connectivity index (χ2n) is 6.62. The highest BCUT2D eigenvalue weighted by atomic mass is 19.1. The molecule has 1 saturated heterocycles. The minimum atomic E-state index is -0.572. The van der Waals surface area contributed by atoms with Crippen LogP contribution < -0.4 is 0 Å². The monoisotopic (exact) mass is 340 g/mol. The number of hydrogen-bond donors (Lipinski definition) is 1. The maximum atomic E-state index is 13.1. The van der Waals surface area contributed by atoms with Crippen LogP contribution in [0.5, 0.6) is 0 Å². The maximum absolute atomic E-state index is 13.1. The zero-order valence-corrected chi connectivity index (χ0v) is 13.9. The fraction of sp³-hybridized carbons (Fsp3) is 0.368. The second-order valence-corrected chi connectivity index (χ2v) is 6.62. The number of nitrogens with zero attached hydrogens (tertiary/aromatic N) is 4. The van der Waals surface area contributed by atoms with Gasteiger partial charge in [-0.3, -0.25) is 14.3 Å². The molecular weight excluding hydrogens is 319 g/mol. The van der Waals surface area contributed by atoms with Crippen molar-refractivity contribution in [2.75, 3.05) is 6.54 Å². The van der Waals surface area contributed by atoms with Gasteiger partial charge in [0.1, 0.15) is 5.82 Å². The van der Waals surface area contributed by atoms with Crippen molar-refractivity contribution < 1.29 is 9.50 Å². The molecule has 0 spiro atoms. The fourth-order valence-corrected chi connectivity index (χ4v) is 3.67. The van der Waals surface area contributed by atoms with Gasteiger partial charge in [-0.05, 0) is 43.5 Å². The van der Waals surface area contributed by atoms with Gasteiger partial charge in [0.2, 0.25) is 0 Å². The highest BCUT2D eigenvalue weighted by Crippen LogP contribution is 2.28. The van der Waals surface area contributed by atoms with E-state index in [4.69, 9.17) is 0 Å². The molecule has 1 N–H and O–H groups in total. The molecule has 3 heterocycles. The van der Waals surface area contributed by atoms with E-state index in [9.17, 15) is 9.50 Å². The number of halogens is 1. The van der Waals surface area contributed by atoms with E-state index in [1.165, 1.54) is 12.1 Å². The van der Waals surface area contributed by atoms with Crippen LogP contribution in [0.25, 0.3) is 5.65 Å². The maximum Gasteiger partial charge on any atom is 0.155 e. The number of benzene rings is 1. The third kappa shape index (κ3) is 3.41. The lowest BCUT2D eigenvalue weighted by Gasteiger charge is -2.26. The van der Waals surface area contributed by atoms with Gasteiger partial charge in [0.15, 0.2) is 5.65 Å². The number of fused-ring (bicyclic) bond motifs is 1. The van der Waals surface area contributed by atoms with Crippen LogP contribution in [0.4, 0.5) is 4.39 Å². The van der Waals surface area contributed by atoms with Crippen molar-refractivity contribution in [3.8, 4) is 0 Å². The van der Waals surface area contributed by atoms with E-state index in [0.29, 0.717) is 12.5 Å². The zero-order chi connectivity index (χ0) is 17.2. The third-order valence-electron chi connectivity index (χ3n) is 5.01. The first-order valence-electron chi connectivity index (χ1n) is 8.64. The molecule has 0 amide bonds. The highest BCUT2D eigenvalue weighted by molar-refractivity contribution is 5.36. The number of imidazole rings is 1. The smallest absolute Gasteiger partial charge is 0.155 e. The molecule has 1 aliphatic heterocycles. The molecule has 25 heavy (non-hydrogen) atoms. The third-order valence-corrected chi connectivity index (χ3v) is 5.01. The fourth-order valence-electron chi connectivity index (χ4n) is 3.67. The topological polar surface area (TPSA) is 53.7 Å². The van der Waals surface area contributed by atoms with E-state index in [1.54, 1.807) is 24.5 Å². The summed E-state index contributed by atoms with van der Waals surface area (Å²) in [5, 5.41) is 10.5. The van der Waals surface area contributed by atoms with E-state index < -0.39 is 6.10 Å². The number of hydrogen-bond acceptors (Lipinski definition) is 4. The van der Waals surface area contributed by atoms with Crippen LogP contribution in [-0.4, -0.2) is 37.0 Å². The van der Waals surface area contributed by atoms with Gasteiger partial charge in [-0.2, -0.15) is 0 Å².